The van der Waals surface area contributed by atoms with Gasteiger partial charge >= 0.3 is 0 Å². The van der Waals surface area contributed by atoms with E-state index in [-0.39, 0.29) is 17.1 Å². The lowest BCUT2D eigenvalue weighted by atomic mass is 9.95. The van der Waals surface area contributed by atoms with Gasteiger partial charge in [0.25, 0.3) is 0 Å². The first-order chi connectivity index (χ1) is 15.1. The second-order valence-corrected chi connectivity index (χ2v) is 7.44. The number of furan rings is 2. The number of aryl methyl sites for hydroxylation is 1. The molecule has 1 aliphatic carbocycles. The lowest BCUT2D eigenvalue weighted by Gasteiger charge is -2.12. The lowest BCUT2D eigenvalue weighted by molar-refractivity contribution is 0.106. The van der Waals surface area contributed by atoms with E-state index in [2.05, 4.69) is 9.97 Å². The Balaban J connectivity index is 1.43. The minimum Gasteiger partial charge on any atom is -0.506 e. The highest BCUT2D eigenvalue weighted by Crippen LogP contribution is 2.45. The molecule has 31 heavy (non-hydrogen) atoms. The number of aliphatic hydroxyl groups excluding tert-OH is 1. The van der Waals surface area contributed by atoms with E-state index in [0.29, 0.717) is 45.9 Å². The Morgan fingerprint density at radius 1 is 1.00 bits per heavy atom. The molecule has 6 rings (SSSR count). The van der Waals surface area contributed by atoms with Gasteiger partial charge in [0.2, 0.25) is 11.7 Å². The Labute approximate surface area is 176 Å². The van der Waals surface area contributed by atoms with E-state index in [0.717, 1.165) is 16.6 Å². The zero-order valence-electron chi connectivity index (χ0n) is 16.5. The summed E-state index contributed by atoms with van der Waals surface area (Å²) in [4.78, 5) is 22.1. The predicted molar refractivity (Wildman–Crippen MR) is 117 cm³/mol. The SMILES string of the molecule is CCc1ccc(Oc2cnc3ccccc3n2)cc1C1=C(O)c2c(c3ccc2o3)C1=O. The molecular formula is C25H16N2O4. The van der Waals surface area contributed by atoms with Crippen LogP contribution in [-0.2, 0) is 6.42 Å². The fourth-order valence-corrected chi connectivity index (χ4v) is 4.19. The van der Waals surface area contributed by atoms with E-state index in [1.54, 1.807) is 24.4 Å². The van der Waals surface area contributed by atoms with E-state index in [1.165, 1.54) is 0 Å². The molecule has 3 heterocycles. The number of para-hydroxylation sites is 2. The van der Waals surface area contributed by atoms with E-state index in [9.17, 15) is 9.90 Å². The third-order valence-corrected chi connectivity index (χ3v) is 5.66. The van der Waals surface area contributed by atoms with Gasteiger partial charge < -0.3 is 14.3 Å². The fraction of sp³-hybridized carbons (Fsp3) is 0.0800. The van der Waals surface area contributed by atoms with Crippen LogP contribution in [0.2, 0.25) is 0 Å². The Bertz CT molecular complexity index is 1530. The number of rotatable bonds is 4. The molecule has 0 unspecified atom stereocenters. The Morgan fingerprint density at radius 2 is 1.77 bits per heavy atom. The van der Waals surface area contributed by atoms with Crippen LogP contribution in [0.5, 0.6) is 11.6 Å². The molecule has 150 valence electrons. The van der Waals surface area contributed by atoms with E-state index < -0.39 is 0 Å². The van der Waals surface area contributed by atoms with Gasteiger partial charge in [0.05, 0.1) is 33.9 Å². The number of allylic oxidation sites excluding steroid dienone is 1. The molecule has 0 aliphatic heterocycles. The van der Waals surface area contributed by atoms with Crippen LogP contribution in [-0.4, -0.2) is 20.9 Å². The smallest absolute Gasteiger partial charge is 0.238 e. The van der Waals surface area contributed by atoms with Crippen LogP contribution in [0.25, 0.3) is 33.5 Å². The van der Waals surface area contributed by atoms with Gasteiger partial charge in [0.15, 0.2) is 0 Å². The Morgan fingerprint density at radius 3 is 2.55 bits per heavy atom. The molecule has 0 spiro atoms. The molecule has 3 aromatic heterocycles. The zero-order valence-corrected chi connectivity index (χ0v) is 16.5. The maximum Gasteiger partial charge on any atom is 0.238 e. The molecule has 5 aromatic rings. The maximum atomic E-state index is 13.2. The van der Waals surface area contributed by atoms with E-state index in [4.69, 9.17) is 9.15 Å². The average Bonchev–Trinajstić information content (AvgIpc) is 3.47. The molecule has 0 radical (unpaired) electrons. The lowest BCUT2D eigenvalue weighted by Crippen LogP contribution is -2.02. The number of Topliss-reactive ketones (excluding diaryl/α,β-unsaturated/α-hetero) is 1. The van der Waals surface area contributed by atoms with Crippen molar-refractivity contribution in [2.75, 3.05) is 0 Å². The monoisotopic (exact) mass is 408 g/mol. The summed E-state index contributed by atoms with van der Waals surface area (Å²) in [6.45, 7) is 2.00. The third kappa shape index (κ3) is 2.55. The number of carbonyl (C=O) groups excluding carboxylic acids is 1. The molecule has 1 N–H and O–H groups in total. The summed E-state index contributed by atoms with van der Waals surface area (Å²) in [6, 6.07) is 16.6. The molecule has 2 bridgehead atoms. The van der Waals surface area contributed by atoms with E-state index in [1.807, 2.05) is 43.3 Å². The summed E-state index contributed by atoms with van der Waals surface area (Å²) in [5, 5.41) is 10.9. The molecule has 1 aliphatic rings. The highest BCUT2D eigenvalue weighted by molar-refractivity contribution is 6.42. The Hall–Kier alpha value is -4.19. The number of ketones is 1. The Kier molecular flexibility index (Phi) is 3.65. The summed E-state index contributed by atoms with van der Waals surface area (Å²) in [6.07, 6.45) is 2.26. The second-order valence-electron chi connectivity index (χ2n) is 7.44. The average molecular weight is 408 g/mol. The van der Waals surface area contributed by atoms with Gasteiger partial charge in [0, 0.05) is 0 Å². The van der Waals surface area contributed by atoms with Crippen LogP contribution in [0.4, 0.5) is 0 Å². The summed E-state index contributed by atoms with van der Waals surface area (Å²) in [5.41, 5.74) is 5.29. The summed E-state index contributed by atoms with van der Waals surface area (Å²) in [7, 11) is 0. The van der Waals surface area contributed by atoms with Crippen molar-refractivity contribution in [1.82, 2.24) is 9.97 Å². The van der Waals surface area contributed by atoms with Gasteiger partial charge in [0.1, 0.15) is 22.7 Å². The number of carbonyl (C=O) groups is 1. The topological polar surface area (TPSA) is 85.5 Å². The van der Waals surface area contributed by atoms with E-state index >= 15 is 0 Å². The summed E-state index contributed by atoms with van der Waals surface area (Å²) >= 11 is 0. The molecule has 2 aromatic carbocycles. The van der Waals surface area contributed by atoms with Crippen LogP contribution >= 0.6 is 0 Å². The first-order valence-electron chi connectivity index (χ1n) is 10.00. The number of aromatic nitrogens is 2. The van der Waals surface area contributed by atoms with Crippen LogP contribution < -0.4 is 4.74 Å². The molecule has 0 atom stereocenters. The van der Waals surface area contributed by atoms with Gasteiger partial charge in [-0.3, -0.25) is 4.79 Å². The minimum atomic E-state index is -0.237. The van der Waals surface area contributed by atoms with Gasteiger partial charge in [-0.15, -0.1) is 0 Å². The minimum absolute atomic E-state index is 0.0494. The fourth-order valence-electron chi connectivity index (χ4n) is 4.19. The van der Waals surface area contributed by atoms with Crippen LogP contribution in [0.1, 0.15) is 34.0 Å². The maximum absolute atomic E-state index is 13.2. The van der Waals surface area contributed by atoms with Crippen molar-refractivity contribution < 1.29 is 19.1 Å². The number of hydrogen-bond acceptors (Lipinski definition) is 6. The standard InChI is InChI=1S/C25H16N2O4/c1-2-13-7-8-14(30-20-12-26-16-5-3-4-6-17(16)27-20)11-15(13)21-24(28)22-18-9-10-19(31-18)23(22)25(21)29/h3-12,28H,2H2,1H3. The van der Waals surface area contributed by atoms with Crippen molar-refractivity contribution in [2.45, 2.75) is 13.3 Å². The van der Waals surface area contributed by atoms with Gasteiger partial charge in [-0.05, 0) is 53.9 Å². The molecule has 0 saturated heterocycles. The summed E-state index contributed by atoms with van der Waals surface area (Å²) in [5.74, 6) is 0.577. The highest BCUT2D eigenvalue weighted by Gasteiger charge is 2.37. The number of fused-ring (bicyclic) bond motifs is 6. The molecule has 0 fully saturated rings. The third-order valence-electron chi connectivity index (χ3n) is 5.66. The number of ether oxygens (including phenoxy) is 1. The molecule has 6 heteroatoms. The van der Waals surface area contributed by atoms with Crippen LogP contribution in [0.3, 0.4) is 0 Å². The first-order valence-corrected chi connectivity index (χ1v) is 10.00. The molecule has 0 saturated carbocycles. The molecule has 0 amide bonds. The van der Waals surface area contributed by atoms with Crippen LogP contribution in [0.15, 0.2) is 65.2 Å². The number of nitrogens with zero attached hydrogens (tertiary/aromatic N) is 2. The zero-order chi connectivity index (χ0) is 21.1. The van der Waals surface area contributed by atoms with Crippen molar-refractivity contribution in [3.63, 3.8) is 0 Å². The number of aliphatic hydroxyl groups is 1. The molecular weight excluding hydrogens is 392 g/mol. The predicted octanol–water partition coefficient (Wildman–Crippen LogP) is 5.79. The highest BCUT2D eigenvalue weighted by atomic mass is 16.5. The van der Waals surface area contributed by atoms with Crippen molar-refractivity contribution >= 4 is 39.3 Å². The first kappa shape index (κ1) is 17.7. The second kappa shape index (κ2) is 6.40. The largest absolute Gasteiger partial charge is 0.506 e. The van der Waals surface area contributed by atoms with Crippen molar-refractivity contribution in [1.29, 1.82) is 0 Å². The van der Waals surface area contributed by atoms with Crippen LogP contribution in [0, 0.1) is 0 Å². The summed E-state index contributed by atoms with van der Waals surface area (Å²) < 4.78 is 11.5. The van der Waals surface area contributed by atoms with Gasteiger partial charge in [-0.25, -0.2) is 9.97 Å². The van der Waals surface area contributed by atoms with Gasteiger partial charge in [-0.2, -0.15) is 0 Å². The normalized spacial score (nSPS) is 13.5. The van der Waals surface area contributed by atoms with Crippen molar-refractivity contribution in [3.8, 4) is 11.6 Å². The van der Waals surface area contributed by atoms with Crippen molar-refractivity contribution in [3.05, 3.63) is 83.0 Å². The number of benzene rings is 3. The number of hydrogen-bond donors (Lipinski definition) is 1. The quantitative estimate of drug-likeness (QED) is 0.405. The molecule has 6 nitrogen and oxygen atoms in total. The van der Waals surface area contributed by atoms with Crippen molar-refractivity contribution in [2.24, 2.45) is 0 Å². The van der Waals surface area contributed by atoms with Gasteiger partial charge in [-0.1, -0.05) is 25.1 Å².